The fraction of sp³-hybridized carbons (Fsp3) is 0.429. The molecule has 1 aromatic rings. The molecule has 2 amide bonds. The Kier molecular flexibility index (Phi) is 7.50. The summed E-state index contributed by atoms with van der Waals surface area (Å²) < 4.78 is 5.33. The first-order chi connectivity index (χ1) is 9.90. The maximum Gasteiger partial charge on any atom is 0.313 e. The predicted molar refractivity (Wildman–Crippen MR) is 83.8 cm³/mol. The van der Waals surface area contributed by atoms with E-state index in [4.69, 9.17) is 27.9 Å². The van der Waals surface area contributed by atoms with Crippen LogP contribution in [0.4, 0.5) is 5.69 Å². The second kappa shape index (κ2) is 8.87. The van der Waals surface area contributed by atoms with E-state index in [2.05, 4.69) is 10.6 Å². The minimum Gasteiger partial charge on any atom is -0.379 e. The molecular formula is C14H18Cl2N2O3. The summed E-state index contributed by atoms with van der Waals surface area (Å²) >= 11 is 11.6. The molecule has 0 bridgehead atoms. The highest BCUT2D eigenvalue weighted by molar-refractivity contribution is 6.42. The van der Waals surface area contributed by atoms with Crippen molar-refractivity contribution in [2.75, 3.05) is 18.5 Å². The van der Waals surface area contributed by atoms with E-state index in [0.717, 1.165) is 0 Å². The standard InChI is InChI=1S/C14H18Cl2N2O3/c1-9(2)21-7-3-6-17-13(19)14(20)18-10-4-5-11(15)12(16)8-10/h4-5,8-9H,3,6-7H2,1-2H3,(H,17,19)(H,18,20). The van der Waals surface area contributed by atoms with Crippen molar-refractivity contribution >= 4 is 40.7 Å². The van der Waals surface area contributed by atoms with E-state index in [0.29, 0.717) is 35.3 Å². The zero-order chi connectivity index (χ0) is 15.8. The van der Waals surface area contributed by atoms with Gasteiger partial charge in [0.25, 0.3) is 0 Å². The monoisotopic (exact) mass is 332 g/mol. The molecule has 0 atom stereocenters. The van der Waals surface area contributed by atoms with Gasteiger partial charge >= 0.3 is 11.8 Å². The summed E-state index contributed by atoms with van der Waals surface area (Å²) in [6, 6.07) is 4.59. The molecule has 0 aromatic heterocycles. The van der Waals surface area contributed by atoms with Crippen LogP contribution in [-0.4, -0.2) is 31.1 Å². The fourth-order valence-electron chi connectivity index (χ4n) is 1.44. The van der Waals surface area contributed by atoms with Crippen molar-refractivity contribution in [3.8, 4) is 0 Å². The summed E-state index contributed by atoms with van der Waals surface area (Å²) in [4.78, 5) is 23.2. The zero-order valence-electron chi connectivity index (χ0n) is 11.9. The van der Waals surface area contributed by atoms with E-state index in [1.54, 1.807) is 12.1 Å². The first-order valence-corrected chi connectivity index (χ1v) is 7.31. The van der Waals surface area contributed by atoms with E-state index in [1.165, 1.54) is 6.07 Å². The molecule has 0 spiro atoms. The second-order valence-electron chi connectivity index (χ2n) is 4.61. The van der Waals surface area contributed by atoms with Crippen LogP contribution in [-0.2, 0) is 14.3 Å². The van der Waals surface area contributed by atoms with Crippen molar-refractivity contribution in [3.63, 3.8) is 0 Å². The third-order valence-electron chi connectivity index (χ3n) is 2.44. The largest absolute Gasteiger partial charge is 0.379 e. The van der Waals surface area contributed by atoms with Gasteiger partial charge in [-0.05, 0) is 38.5 Å². The average molecular weight is 333 g/mol. The third-order valence-corrected chi connectivity index (χ3v) is 3.18. The Morgan fingerprint density at radius 1 is 1.19 bits per heavy atom. The molecule has 1 rings (SSSR count). The first kappa shape index (κ1) is 17.8. The highest BCUT2D eigenvalue weighted by atomic mass is 35.5. The number of benzene rings is 1. The molecule has 0 aliphatic rings. The van der Waals surface area contributed by atoms with Crippen molar-refractivity contribution in [2.45, 2.75) is 26.4 Å². The van der Waals surface area contributed by atoms with Gasteiger partial charge in [0.2, 0.25) is 0 Å². The van der Waals surface area contributed by atoms with Crippen LogP contribution in [0.5, 0.6) is 0 Å². The zero-order valence-corrected chi connectivity index (χ0v) is 13.4. The van der Waals surface area contributed by atoms with E-state index < -0.39 is 11.8 Å². The maximum absolute atomic E-state index is 11.7. The lowest BCUT2D eigenvalue weighted by molar-refractivity contribution is -0.136. The number of hydrogen-bond donors (Lipinski definition) is 2. The molecule has 0 unspecified atom stereocenters. The minimum absolute atomic E-state index is 0.152. The summed E-state index contributed by atoms with van der Waals surface area (Å²) in [6.45, 7) is 4.78. The lowest BCUT2D eigenvalue weighted by Gasteiger charge is -2.09. The molecule has 7 heteroatoms. The van der Waals surface area contributed by atoms with Gasteiger partial charge in [-0.3, -0.25) is 9.59 Å². The van der Waals surface area contributed by atoms with Crippen LogP contribution in [0, 0.1) is 0 Å². The highest BCUT2D eigenvalue weighted by Gasteiger charge is 2.13. The topological polar surface area (TPSA) is 67.4 Å². The average Bonchev–Trinajstić information content (AvgIpc) is 2.42. The molecule has 0 radical (unpaired) electrons. The SMILES string of the molecule is CC(C)OCCCNC(=O)C(=O)Nc1ccc(Cl)c(Cl)c1. The summed E-state index contributed by atoms with van der Waals surface area (Å²) in [5.74, 6) is -1.45. The molecule has 0 fully saturated rings. The van der Waals surface area contributed by atoms with E-state index in [1.807, 2.05) is 13.8 Å². The Labute approximate surface area is 133 Å². The molecule has 0 saturated carbocycles. The van der Waals surface area contributed by atoms with Gasteiger partial charge in [-0.25, -0.2) is 0 Å². The van der Waals surface area contributed by atoms with Crippen LogP contribution in [0.15, 0.2) is 18.2 Å². The van der Waals surface area contributed by atoms with Crippen molar-refractivity contribution in [2.24, 2.45) is 0 Å². The number of nitrogens with one attached hydrogen (secondary N) is 2. The molecule has 0 heterocycles. The Balaban J connectivity index is 2.34. The lowest BCUT2D eigenvalue weighted by Crippen LogP contribution is -2.36. The van der Waals surface area contributed by atoms with Crippen LogP contribution in [0.1, 0.15) is 20.3 Å². The van der Waals surface area contributed by atoms with E-state index >= 15 is 0 Å². The number of amides is 2. The van der Waals surface area contributed by atoms with Crippen LogP contribution in [0.25, 0.3) is 0 Å². The molecule has 21 heavy (non-hydrogen) atoms. The van der Waals surface area contributed by atoms with Crippen molar-refractivity contribution in [3.05, 3.63) is 28.2 Å². The van der Waals surface area contributed by atoms with Gasteiger partial charge in [0.15, 0.2) is 0 Å². The van der Waals surface area contributed by atoms with Gasteiger partial charge in [0.05, 0.1) is 16.1 Å². The molecule has 0 saturated heterocycles. The summed E-state index contributed by atoms with van der Waals surface area (Å²) in [5, 5.41) is 5.64. The number of carbonyl (C=O) groups excluding carboxylic acids is 2. The Bertz CT molecular complexity index is 507. The smallest absolute Gasteiger partial charge is 0.313 e. The number of rotatable bonds is 6. The number of hydrogen-bond acceptors (Lipinski definition) is 3. The van der Waals surface area contributed by atoms with Crippen molar-refractivity contribution < 1.29 is 14.3 Å². The molecule has 0 aliphatic heterocycles. The lowest BCUT2D eigenvalue weighted by atomic mass is 10.3. The summed E-state index contributed by atoms with van der Waals surface area (Å²) in [6.07, 6.45) is 0.794. The quantitative estimate of drug-likeness (QED) is 0.621. The number of ether oxygens (including phenoxy) is 1. The summed E-state index contributed by atoms with van der Waals surface area (Å²) in [7, 11) is 0. The number of anilines is 1. The Hall–Kier alpha value is -1.30. The predicted octanol–water partition coefficient (Wildman–Crippen LogP) is 2.86. The van der Waals surface area contributed by atoms with Gasteiger partial charge in [0, 0.05) is 18.8 Å². The van der Waals surface area contributed by atoms with Crippen LogP contribution in [0.3, 0.4) is 0 Å². The van der Waals surface area contributed by atoms with E-state index in [9.17, 15) is 9.59 Å². The minimum atomic E-state index is -0.752. The van der Waals surface area contributed by atoms with Crippen LogP contribution >= 0.6 is 23.2 Å². The Morgan fingerprint density at radius 3 is 2.52 bits per heavy atom. The summed E-state index contributed by atoms with van der Waals surface area (Å²) in [5.41, 5.74) is 0.410. The number of carbonyl (C=O) groups is 2. The molecule has 1 aromatic carbocycles. The van der Waals surface area contributed by atoms with Crippen molar-refractivity contribution in [1.82, 2.24) is 5.32 Å². The number of halogens is 2. The molecule has 5 nitrogen and oxygen atoms in total. The van der Waals surface area contributed by atoms with Gasteiger partial charge in [-0.15, -0.1) is 0 Å². The molecule has 0 aliphatic carbocycles. The normalized spacial score (nSPS) is 10.5. The fourth-order valence-corrected chi connectivity index (χ4v) is 1.73. The second-order valence-corrected chi connectivity index (χ2v) is 5.43. The third kappa shape index (κ3) is 6.80. The highest BCUT2D eigenvalue weighted by Crippen LogP contribution is 2.24. The van der Waals surface area contributed by atoms with Gasteiger partial charge < -0.3 is 15.4 Å². The maximum atomic E-state index is 11.7. The van der Waals surface area contributed by atoms with Crippen molar-refractivity contribution in [1.29, 1.82) is 0 Å². The molecule has 2 N–H and O–H groups in total. The van der Waals surface area contributed by atoms with Gasteiger partial charge in [-0.1, -0.05) is 23.2 Å². The first-order valence-electron chi connectivity index (χ1n) is 6.56. The molecule has 116 valence electrons. The van der Waals surface area contributed by atoms with Gasteiger partial charge in [0.1, 0.15) is 0 Å². The van der Waals surface area contributed by atoms with Gasteiger partial charge in [-0.2, -0.15) is 0 Å². The van der Waals surface area contributed by atoms with Crippen LogP contribution < -0.4 is 10.6 Å². The Morgan fingerprint density at radius 2 is 1.90 bits per heavy atom. The molecular weight excluding hydrogens is 315 g/mol. The van der Waals surface area contributed by atoms with Crippen LogP contribution in [0.2, 0.25) is 10.0 Å². The van der Waals surface area contributed by atoms with E-state index in [-0.39, 0.29) is 6.10 Å².